The number of aliphatic hydroxyl groups is 2. The summed E-state index contributed by atoms with van der Waals surface area (Å²) in [5.74, 6) is 0. The molecule has 0 saturated carbocycles. The van der Waals surface area contributed by atoms with Crippen LogP contribution in [-0.2, 0) is 0 Å². The van der Waals surface area contributed by atoms with Crippen molar-refractivity contribution in [3.8, 4) is 0 Å². The Morgan fingerprint density at radius 3 is 1.35 bits per heavy atom. The Balaban J connectivity index is 2.02. The maximum Gasteiger partial charge on any atom is 0.127 e. The van der Waals surface area contributed by atoms with Gasteiger partial charge in [-0.1, -0.05) is 72.4 Å². The lowest BCUT2D eigenvalue weighted by atomic mass is 10.2. The first kappa shape index (κ1) is 12.2. The van der Waals surface area contributed by atoms with E-state index in [4.69, 9.17) is 0 Å². The normalized spacial score (nSPS) is 14.2. The number of aliphatic hydroxyl groups excluding tert-OH is 2. The van der Waals surface area contributed by atoms with E-state index in [9.17, 15) is 10.2 Å². The van der Waals surface area contributed by atoms with Gasteiger partial charge in [-0.05, 0) is 11.1 Å². The van der Waals surface area contributed by atoms with E-state index in [1.54, 1.807) is 0 Å². The third-order valence-electron chi connectivity index (χ3n) is 2.43. The summed E-state index contributed by atoms with van der Waals surface area (Å²) in [7, 11) is 0. The second-order valence-electron chi connectivity index (χ2n) is 3.66. The highest BCUT2D eigenvalue weighted by molar-refractivity contribution is 7.99. The molecular weight excluding hydrogens is 232 g/mol. The number of benzene rings is 2. The van der Waals surface area contributed by atoms with Crippen molar-refractivity contribution in [1.82, 2.24) is 0 Å². The molecule has 2 aromatic carbocycles. The van der Waals surface area contributed by atoms with Crippen molar-refractivity contribution < 1.29 is 10.2 Å². The van der Waals surface area contributed by atoms with Crippen molar-refractivity contribution in [2.24, 2.45) is 0 Å². The third-order valence-corrected chi connectivity index (χ3v) is 3.49. The number of hydrogen-bond acceptors (Lipinski definition) is 3. The second-order valence-corrected chi connectivity index (χ2v) is 4.83. The zero-order chi connectivity index (χ0) is 12.1. The minimum Gasteiger partial charge on any atom is -0.378 e. The van der Waals surface area contributed by atoms with Crippen molar-refractivity contribution in [2.75, 3.05) is 0 Å². The predicted molar refractivity (Wildman–Crippen MR) is 70.4 cm³/mol. The molecule has 2 rings (SSSR count). The van der Waals surface area contributed by atoms with Gasteiger partial charge in [0.2, 0.25) is 0 Å². The second kappa shape index (κ2) is 5.87. The van der Waals surface area contributed by atoms with Crippen LogP contribution in [-0.4, -0.2) is 10.2 Å². The van der Waals surface area contributed by atoms with Crippen LogP contribution in [0.2, 0.25) is 0 Å². The van der Waals surface area contributed by atoms with Crippen molar-refractivity contribution >= 4 is 11.8 Å². The summed E-state index contributed by atoms with van der Waals surface area (Å²) in [5, 5.41) is 19.9. The minimum absolute atomic E-state index is 0.716. The van der Waals surface area contributed by atoms with E-state index in [1.807, 2.05) is 60.7 Å². The topological polar surface area (TPSA) is 40.5 Å². The van der Waals surface area contributed by atoms with Crippen LogP contribution in [0.3, 0.4) is 0 Å². The van der Waals surface area contributed by atoms with Gasteiger partial charge in [0, 0.05) is 0 Å². The van der Waals surface area contributed by atoms with E-state index >= 15 is 0 Å². The van der Waals surface area contributed by atoms with Gasteiger partial charge >= 0.3 is 0 Å². The first-order chi connectivity index (χ1) is 8.27. The summed E-state index contributed by atoms with van der Waals surface area (Å²) in [6.07, 6.45) is 0. The Bertz CT molecular complexity index is 401. The van der Waals surface area contributed by atoms with E-state index in [0.29, 0.717) is 0 Å². The van der Waals surface area contributed by atoms with Crippen LogP contribution in [0.15, 0.2) is 60.7 Å². The molecule has 88 valence electrons. The molecule has 2 atom stereocenters. The van der Waals surface area contributed by atoms with Crippen molar-refractivity contribution in [2.45, 2.75) is 10.9 Å². The average molecular weight is 246 g/mol. The van der Waals surface area contributed by atoms with Gasteiger partial charge in [0.05, 0.1) is 0 Å². The van der Waals surface area contributed by atoms with Crippen LogP contribution in [0.5, 0.6) is 0 Å². The minimum atomic E-state index is -0.716. The Kier molecular flexibility index (Phi) is 4.20. The van der Waals surface area contributed by atoms with Gasteiger partial charge in [0.1, 0.15) is 10.9 Å². The van der Waals surface area contributed by atoms with Gasteiger partial charge in [-0.15, -0.1) is 0 Å². The molecule has 2 nitrogen and oxygen atoms in total. The first-order valence-electron chi connectivity index (χ1n) is 5.39. The van der Waals surface area contributed by atoms with Crippen LogP contribution in [0.25, 0.3) is 0 Å². The molecule has 0 heterocycles. The predicted octanol–water partition coefficient (Wildman–Crippen LogP) is 3.10. The Labute approximate surface area is 105 Å². The number of hydrogen-bond donors (Lipinski definition) is 2. The van der Waals surface area contributed by atoms with E-state index in [-0.39, 0.29) is 0 Å². The Hall–Kier alpha value is -1.29. The maximum atomic E-state index is 9.96. The van der Waals surface area contributed by atoms with Crippen LogP contribution in [0, 0.1) is 0 Å². The molecule has 0 radical (unpaired) electrons. The smallest absolute Gasteiger partial charge is 0.127 e. The van der Waals surface area contributed by atoms with E-state index < -0.39 is 10.9 Å². The van der Waals surface area contributed by atoms with Crippen molar-refractivity contribution in [3.05, 3.63) is 71.8 Å². The zero-order valence-corrected chi connectivity index (χ0v) is 10.0. The van der Waals surface area contributed by atoms with Crippen LogP contribution in [0.1, 0.15) is 22.0 Å². The number of rotatable bonds is 4. The van der Waals surface area contributed by atoms with Crippen LogP contribution >= 0.6 is 11.8 Å². The molecule has 0 spiro atoms. The lowest BCUT2D eigenvalue weighted by Crippen LogP contribution is -1.98. The quantitative estimate of drug-likeness (QED) is 0.814. The molecule has 2 aromatic rings. The summed E-state index contributed by atoms with van der Waals surface area (Å²) in [4.78, 5) is 0. The number of thioether (sulfide) groups is 1. The fourth-order valence-corrected chi connectivity index (χ4v) is 2.39. The molecule has 0 aliphatic heterocycles. The highest BCUT2D eigenvalue weighted by Crippen LogP contribution is 2.36. The SMILES string of the molecule is OC(SC(O)c1ccccc1)c1ccccc1. The van der Waals surface area contributed by atoms with Gasteiger partial charge in [0.25, 0.3) is 0 Å². The van der Waals surface area contributed by atoms with Crippen molar-refractivity contribution in [1.29, 1.82) is 0 Å². The molecular formula is C14H14O2S. The molecule has 3 heteroatoms. The molecule has 0 aliphatic rings. The fraction of sp³-hybridized carbons (Fsp3) is 0.143. The molecule has 0 amide bonds. The Morgan fingerprint density at radius 1 is 0.647 bits per heavy atom. The fourth-order valence-electron chi connectivity index (χ4n) is 1.51. The van der Waals surface area contributed by atoms with Gasteiger partial charge in [0.15, 0.2) is 0 Å². The largest absolute Gasteiger partial charge is 0.378 e. The monoisotopic (exact) mass is 246 g/mol. The lowest BCUT2D eigenvalue weighted by molar-refractivity contribution is 0.241. The summed E-state index contributed by atoms with van der Waals surface area (Å²) >= 11 is 1.12. The summed E-state index contributed by atoms with van der Waals surface area (Å²) < 4.78 is 0. The first-order valence-corrected chi connectivity index (χ1v) is 6.33. The van der Waals surface area contributed by atoms with E-state index in [1.165, 1.54) is 0 Å². The highest BCUT2D eigenvalue weighted by Gasteiger charge is 2.15. The standard InChI is InChI=1S/C14H14O2S/c15-13(11-7-3-1-4-8-11)17-14(16)12-9-5-2-6-10-12/h1-10,13-16H. The van der Waals surface area contributed by atoms with E-state index in [2.05, 4.69) is 0 Å². The molecule has 2 N–H and O–H groups in total. The molecule has 2 unspecified atom stereocenters. The zero-order valence-electron chi connectivity index (χ0n) is 9.23. The Morgan fingerprint density at radius 2 is 1.00 bits per heavy atom. The molecule has 0 fully saturated rings. The van der Waals surface area contributed by atoms with Crippen LogP contribution in [0.4, 0.5) is 0 Å². The van der Waals surface area contributed by atoms with Gasteiger partial charge in [-0.25, -0.2) is 0 Å². The maximum absolute atomic E-state index is 9.96. The van der Waals surface area contributed by atoms with Crippen molar-refractivity contribution in [3.63, 3.8) is 0 Å². The molecule has 17 heavy (non-hydrogen) atoms. The van der Waals surface area contributed by atoms with Gasteiger partial charge in [-0.3, -0.25) is 0 Å². The lowest BCUT2D eigenvalue weighted by Gasteiger charge is -2.15. The molecule has 0 saturated heterocycles. The van der Waals surface area contributed by atoms with Gasteiger partial charge in [-0.2, -0.15) is 0 Å². The average Bonchev–Trinajstić information content (AvgIpc) is 2.40. The summed E-state index contributed by atoms with van der Waals surface area (Å²) in [6, 6.07) is 18.6. The van der Waals surface area contributed by atoms with Crippen LogP contribution < -0.4 is 0 Å². The van der Waals surface area contributed by atoms with E-state index in [0.717, 1.165) is 22.9 Å². The molecule has 0 bridgehead atoms. The molecule has 0 aromatic heterocycles. The van der Waals surface area contributed by atoms with Gasteiger partial charge < -0.3 is 10.2 Å². The summed E-state index contributed by atoms with van der Waals surface area (Å²) in [6.45, 7) is 0. The third kappa shape index (κ3) is 3.33. The summed E-state index contributed by atoms with van der Waals surface area (Å²) in [5.41, 5.74) is 0.165. The molecule has 0 aliphatic carbocycles. The highest BCUT2D eigenvalue weighted by atomic mass is 32.2.